The minimum Gasteiger partial charge on any atom is -0.494 e. The molecule has 0 saturated carbocycles. The molecule has 1 aromatic carbocycles. The SMILES string of the molecule is COc1ccc(C2=CC(=O)CC2)cc1F. The molecule has 0 bridgehead atoms. The van der Waals surface area contributed by atoms with Crippen LogP contribution in [0.5, 0.6) is 5.75 Å². The summed E-state index contributed by atoms with van der Waals surface area (Å²) in [6.45, 7) is 0. The van der Waals surface area contributed by atoms with Gasteiger partial charge in [-0.15, -0.1) is 0 Å². The van der Waals surface area contributed by atoms with Crippen LogP contribution in [0, 0.1) is 5.82 Å². The molecule has 0 spiro atoms. The van der Waals surface area contributed by atoms with Gasteiger partial charge in [0.2, 0.25) is 0 Å². The van der Waals surface area contributed by atoms with Crippen molar-refractivity contribution in [1.29, 1.82) is 0 Å². The third-order valence-corrected chi connectivity index (χ3v) is 2.50. The zero-order valence-electron chi connectivity index (χ0n) is 8.42. The number of allylic oxidation sites excluding steroid dienone is 2. The molecule has 0 atom stereocenters. The third kappa shape index (κ3) is 1.91. The fourth-order valence-corrected chi connectivity index (χ4v) is 1.69. The fraction of sp³-hybridized carbons (Fsp3) is 0.250. The summed E-state index contributed by atoms with van der Waals surface area (Å²) in [5.74, 6) is -0.0554. The molecule has 2 nitrogen and oxygen atoms in total. The lowest BCUT2D eigenvalue weighted by atomic mass is 10.1. The lowest BCUT2D eigenvalue weighted by molar-refractivity contribution is -0.114. The Morgan fingerprint density at radius 3 is 2.67 bits per heavy atom. The summed E-state index contributed by atoms with van der Waals surface area (Å²) < 4.78 is 18.2. The van der Waals surface area contributed by atoms with E-state index >= 15 is 0 Å². The van der Waals surface area contributed by atoms with Gasteiger partial charge < -0.3 is 4.74 Å². The Balaban J connectivity index is 2.34. The molecule has 0 heterocycles. The number of carbonyl (C=O) groups is 1. The summed E-state index contributed by atoms with van der Waals surface area (Å²) in [6.07, 6.45) is 2.81. The normalized spacial score (nSPS) is 15.3. The van der Waals surface area contributed by atoms with Crippen LogP contribution < -0.4 is 4.74 Å². The highest BCUT2D eigenvalue weighted by Crippen LogP contribution is 2.28. The number of carbonyl (C=O) groups excluding carboxylic acids is 1. The Morgan fingerprint density at radius 1 is 1.33 bits per heavy atom. The van der Waals surface area contributed by atoms with Crippen LogP contribution in [0.1, 0.15) is 18.4 Å². The number of hydrogen-bond acceptors (Lipinski definition) is 2. The molecule has 0 aliphatic heterocycles. The molecule has 3 heteroatoms. The van der Waals surface area contributed by atoms with Crippen LogP contribution in [0.15, 0.2) is 24.3 Å². The van der Waals surface area contributed by atoms with Crippen molar-refractivity contribution in [2.45, 2.75) is 12.8 Å². The van der Waals surface area contributed by atoms with Crippen LogP contribution in [-0.2, 0) is 4.79 Å². The van der Waals surface area contributed by atoms with Crippen LogP contribution in [0.25, 0.3) is 5.57 Å². The molecule has 78 valence electrons. The number of benzene rings is 1. The second-order valence-electron chi connectivity index (χ2n) is 3.49. The zero-order valence-corrected chi connectivity index (χ0v) is 8.42. The van der Waals surface area contributed by atoms with E-state index in [1.54, 1.807) is 18.2 Å². The highest BCUT2D eigenvalue weighted by Gasteiger charge is 2.14. The molecule has 0 amide bonds. The van der Waals surface area contributed by atoms with Crippen LogP contribution in [0.4, 0.5) is 4.39 Å². The van der Waals surface area contributed by atoms with Gasteiger partial charge in [-0.05, 0) is 35.8 Å². The van der Waals surface area contributed by atoms with E-state index < -0.39 is 5.82 Å². The molecule has 1 aromatic rings. The molecule has 0 aromatic heterocycles. The maximum absolute atomic E-state index is 13.4. The molecule has 0 radical (unpaired) electrons. The van der Waals surface area contributed by atoms with Crippen molar-refractivity contribution in [2.75, 3.05) is 7.11 Å². The van der Waals surface area contributed by atoms with E-state index in [-0.39, 0.29) is 11.5 Å². The topological polar surface area (TPSA) is 26.3 Å². The van der Waals surface area contributed by atoms with Gasteiger partial charge in [-0.3, -0.25) is 4.79 Å². The lowest BCUT2D eigenvalue weighted by Crippen LogP contribution is -1.89. The Kier molecular flexibility index (Phi) is 2.54. The molecular weight excluding hydrogens is 195 g/mol. The second-order valence-corrected chi connectivity index (χ2v) is 3.49. The summed E-state index contributed by atoms with van der Waals surface area (Å²) >= 11 is 0. The van der Waals surface area contributed by atoms with E-state index in [2.05, 4.69) is 0 Å². The third-order valence-electron chi connectivity index (χ3n) is 2.50. The Hall–Kier alpha value is -1.64. The van der Waals surface area contributed by atoms with Crippen molar-refractivity contribution in [3.63, 3.8) is 0 Å². The van der Waals surface area contributed by atoms with Crippen LogP contribution in [0.2, 0.25) is 0 Å². The molecule has 1 aliphatic rings. The van der Waals surface area contributed by atoms with Crippen molar-refractivity contribution < 1.29 is 13.9 Å². The van der Waals surface area contributed by atoms with E-state index in [4.69, 9.17) is 4.74 Å². The number of rotatable bonds is 2. The highest BCUT2D eigenvalue weighted by atomic mass is 19.1. The maximum Gasteiger partial charge on any atom is 0.165 e. The summed E-state index contributed by atoms with van der Waals surface area (Å²) in [4.78, 5) is 11.0. The van der Waals surface area contributed by atoms with Crippen LogP contribution >= 0.6 is 0 Å². The van der Waals surface area contributed by atoms with Crippen molar-refractivity contribution in [3.05, 3.63) is 35.7 Å². The number of ketones is 1. The van der Waals surface area contributed by atoms with Gasteiger partial charge >= 0.3 is 0 Å². The quantitative estimate of drug-likeness (QED) is 0.743. The molecule has 0 unspecified atom stereocenters. The van der Waals surface area contributed by atoms with E-state index in [1.807, 2.05) is 0 Å². The molecule has 0 N–H and O–H groups in total. The van der Waals surface area contributed by atoms with Gasteiger partial charge in [0.1, 0.15) is 0 Å². The van der Waals surface area contributed by atoms with Crippen LogP contribution in [-0.4, -0.2) is 12.9 Å². The fourth-order valence-electron chi connectivity index (χ4n) is 1.69. The van der Waals surface area contributed by atoms with Gasteiger partial charge in [-0.25, -0.2) is 4.39 Å². The minimum atomic E-state index is -0.393. The minimum absolute atomic E-state index is 0.112. The van der Waals surface area contributed by atoms with Gasteiger partial charge in [0.25, 0.3) is 0 Å². The van der Waals surface area contributed by atoms with E-state index in [1.165, 1.54) is 13.2 Å². The molecule has 0 fully saturated rings. The Labute approximate surface area is 87.4 Å². The molecule has 15 heavy (non-hydrogen) atoms. The van der Waals surface area contributed by atoms with E-state index in [0.717, 1.165) is 11.1 Å². The molecular formula is C12H11FO2. The summed E-state index contributed by atoms with van der Waals surface area (Å²) in [5.41, 5.74) is 1.67. The van der Waals surface area contributed by atoms with Gasteiger partial charge in [-0.2, -0.15) is 0 Å². The van der Waals surface area contributed by atoms with Crippen molar-refractivity contribution in [3.8, 4) is 5.75 Å². The Bertz CT molecular complexity index is 435. The zero-order chi connectivity index (χ0) is 10.8. The Morgan fingerprint density at radius 2 is 2.13 bits per heavy atom. The predicted molar refractivity (Wildman–Crippen MR) is 55.2 cm³/mol. The molecule has 2 rings (SSSR count). The lowest BCUT2D eigenvalue weighted by Gasteiger charge is -2.05. The molecule has 0 saturated heterocycles. The smallest absolute Gasteiger partial charge is 0.165 e. The maximum atomic E-state index is 13.4. The monoisotopic (exact) mass is 206 g/mol. The highest BCUT2D eigenvalue weighted by molar-refractivity contribution is 6.01. The van der Waals surface area contributed by atoms with Gasteiger partial charge in [0.05, 0.1) is 7.11 Å². The summed E-state index contributed by atoms with van der Waals surface area (Å²) in [7, 11) is 1.43. The van der Waals surface area contributed by atoms with Crippen molar-refractivity contribution in [2.24, 2.45) is 0 Å². The molecule has 1 aliphatic carbocycles. The van der Waals surface area contributed by atoms with Gasteiger partial charge in [-0.1, -0.05) is 6.07 Å². The number of ether oxygens (including phenoxy) is 1. The van der Waals surface area contributed by atoms with E-state index in [9.17, 15) is 9.18 Å². The van der Waals surface area contributed by atoms with E-state index in [0.29, 0.717) is 12.8 Å². The number of methoxy groups -OCH3 is 1. The number of halogens is 1. The number of hydrogen-bond donors (Lipinski definition) is 0. The summed E-state index contributed by atoms with van der Waals surface area (Å²) in [6, 6.07) is 4.75. The van der Waals surface area contributed by atoms with Crippen molar-refractivity contribution in [1.82, 2.24) is 0 Å². The largest absolute Gasteiger partial charge is 0.494 e. The standard InChI is InChI=1S/C12H11FO2/c1-15-12-5-3-9(7-11(12)13)8-2-4-10(14)6-8/h3,5-7H,2,4H2,1H3. The average molecular weight is 206 g/mol. The summed E-state index contributed by atoms with van der Waals surface area (Å²) in [5, 5.41) is 0. The van der Waals surface area contributed by atoms with Crippen molar-refractivity contribution >= 4 is 11.4 Å². The second kappa shape index (κ2) is 3.85. The first kappa shape index (κ1) is 9.90. The first-order valence-corrected chi connectivity index (χ1v) is 4.78. The predicted octanol–water partition coefficient (Wildman–Crippen LogP) is 2.58. The first-order chi connectivity index (χ1) is 7.20. The first-order valence-electron chi connectivity index (χ1n) is 4.78. The van der Waals surface area contributed by atoms with Gasteiger partial charge in [0.15, 0.2) is 17.3 Å². The average Bonchev–Trinajstić information content (AvgIpc) is 2.65. The van der Waals surface area contributed by atoms with Crippen LogP contribution in [0.3, 0.4) is 0 Å². The van der Waals surface area contributed by atoms with Gasteiger partial charge in [0, 0.05) is 6.42 Å².